The number of nitrogens with one attached hydrogen (secondary N) is 2. The normalized spacial score (nSPS) is 11.1. The molecule has 0 bridgehead atoms. The Morgan fingerprint density at radius 1 is 0.519 bits per heavy atom. The lowest BCUT2D eigenvalue weighted by Gasteiger charge is -2.07. The number of unbranched alkanes of at least 4 members (excludes halogenated alkanes) is 4. The largest absolute Gasteiger partial charge is 0.313 e. The van der Waals surface area contributed by atoms with Gasteiger partial charge in [0, 0.05) is 13.1 Å². The van der Waals surface area contributed by atoms with Crippen LogP contribution < -0.4 is 10.6 Å². The van der Waals surface area contributed by atoms with E-state index >= 15 is 0 Å². The van der Waals surface area contributed by atoms with Crippen molar-refractivity contribution >= 4 is 46.4 Å². The Balaban J connectivity index is 1.42. The lowest BCUT2D eigenvalue weighted by atomic mass is 10.1. The summed E-state index contributed by atoms with van der Waals surface area (Å²) in [5, 5.41) is 9.34. The van der Waals surface area contributed by atoms with Crippen molar-refractivity contribution in [1.82, 2.24) is 10.6 Å². The molecular formula is C21H26Cl4N2. The van der Waals surface area contributed by atoms with E-state index in [1.54, 1.807) is 0 Å². The monoisotopic (exact) mass is 446 g/mol. The number of benzene rings is 2. The lowest BCUT2D eigenvalue weighted by molar-refractivity contribution is 0.556. The average molecular weight is 448 g/mol. The fourth-order valence-electron chi connectivity index (χ4n) is 2.79. The maximum atomic E-state index is 6.02. The van der Waals surface area contributed by atoms with Crippen LogP contribution in [-0.2, 0) is 13.1 Å². The number of rotatable bonds is 12. The first-order chi connectivity index (χ1) is 13.1. The third kappa shape index (κ3) is 9.04. The quantitative estimate of drug-likeness (QED) is 0.338. The molecule has 0 unspecified atom stereocenters. The van der Waals surface area contributed by atoms with Crippen molar-refractivity contribution in [2.45, 2.75) is 45.2 Å². The zero-order valence-corrected chi connectivity index (χ0v) is 18.4. The summed E-state index contributed by atoms with van der Waals surface area (Å²) in [4.78, 5) is 0. The maximum Gasteiger partial charge on any atom is 0.0595 e. The van der Waals surface area contributed by atoms with Crippen LogP contribution in [0.5, 0.6) is 0 Å². The Hall–Kier alpha value is -0.480. The molecule has 2 nitrogen and oxygen atoms in total. The predicted molar refractivity (Wildman–Crippen MR) is 119 cm³/mol. The zero-order chi connectivity index (χ0) is 19.5. The molecule has 0 heterocycles. The van der Waals surface area contributed by atoms with E-state index < -0.39 is 0 Å². The predicted octanol–water partition coefficient (Wildman–Crippen LogP) is 7.13. The number of hydrogen-bond acceptors (Lipinski definition) is 2. The highest BCUT2D eigenvalue weighted by Crippen LogP contribution is 2.23. The molecule has 0 spiro atoms. The van der Waals surface area contributed by atoms with Gasteiger partial charge in [-0.05, 0) is 61.3 Å². The van der Waals surface area contributed by atoms with Crippen LogP contribution in [-0.4, -0.2) is 13.1 Å². The number of hydrogen-bond donors (Lipinski definition) is 2. The molecule has 2 aromatic rings. The fraction of sp³-hybridized carbons (Fsp3) is 0.429. The minimum absolute atomic E-state index is 0.604. The van der Waals surface area contributed by atoms with Crippen molar-refractivity contribution in [2.75, 3.05) is 13.1 Å². The molecule has 0 aliphatic heterocycles. The van der Waals surface area contributed by atoms with Crippen molar-refractivity contribution in [3.8, 4) is 0 Å². The van der Waals surface area contributed by atoms with E-state index in [1.807, 2.05) is 36.4 Å². The molecule has 0 fully saturated rings. The Morgan fingerprint density at radius 2 is 0.926 bits per heavy atom. The SMILES string of the molecule is Clc1ccc(CNCCCCCCCNCc2ccc(Cl)c(Cl)c2)cc1Cl. The highest BCUT2D eigenvalue weighted by Gasteiger charge is 2.00. The molecule has 0 radical (unpaired) electrons. The van der Waals surface area contributed by atoms with Gasteiger partial charge in [-0.2, -0.15) is 0 Å². The minimum Gasteiger partial charge on any atom is -0.313 e. The van der Waals surface area contributed by atoms with E-state index in [0.29, 0.717) is 20.1 Å². The molecule has 2 aromatic carbocycles. The van der Waals surface area contributed by atoms with Gasteiger partial charge in [0.1, 0.15) is 0 Å². The second kappa shape index (κ2) is 12.9. The Kier molecular flexibility index (Phi) is 10.9. The fourth-order valence-corrected chi connectivity index (χ4v) is 3.44. The molecule has 27 heavy (non-hydrogen) atoms. The van der Waals surface area contributed by atoms with Crippen LogP contribution in [0.1, 0.15) is 43.2 Å². The van der Waals surface area contributed by atoms with Crippen molar-refractivity contribution < 1.29 is 0 Å². The minimum atomic E-state index is 0.604. The molecule has 6 heteroatoms. The molecule has 148 valence electrons. The topological polar surface area (TPSA) is 24.1 Å². The lowest BCUT2D eigenvalue weighted by Crippen LogP contribution is -2.15. The second-order valence-corrected chi connectivity index (χ2v) is 8.25. The van der Waals surface area contributed by atoms with Crippen LogP contribution in [0.4, 0.5) is 0 Å². The molecule has 0 aliphatic rings. The van der Waals surface area contributed by atoms with E-state index in [4.69, 9.17) is 46.4 Å². The summed E-state index contributed by atoms with van der Waals surface area (Å²) in [6.45, 7) is 3.71. The van der Waals surface area contributed by atoms with E-state index in [2.05, 4.69) is 10.6 Å². The van der Waals surface area contributed by atoms with Crippen molar-refractivity contribution in [1.29, 1.82) is 0 Å². The van der Waals surface area contributed by atoms with Crippen LogP contribution in [0.3, 0.4) is 0 Å². The summed E-state index contributed by atoms with van der Waals surface area (Å²) in [7, 11) is 0. The molecule has 0 amide bonds. The summed E-state index contributed by atoms with van der Waals surface area (Å²) in [5.74, 6) is 0. The van der Waals surface area contributed by atoms with Gasteiger partial charge in [-0.25, -0.2) is 0 Å². The maximum absolute atomic E-state index is 6.02. The summed E-state index contributed by atoms with van der Waals surface area (Å²) < 4.78 is 0. The van der Waals surface area contributed by atoms with Crippen LogP contribution in [0.15, 0.2) is 36.4 Å². The van der Waals surface area contributed by atoms with Crippen molar-refractivity contribution in [3.63, 3.8) is 0 Å². The van der Waals surface area contributed by atoms with E-state index in [-0.39, 0.29) is 0 Å². The van der Waals surface area contributed by atoms with E-state index in [9.17, 15) is 0 Å². The first-order valence-corrected chi connectivity index (χ1v) is 10.9. The standard InChI is InChI=1S/C21H26Cl4N2/c22-18-8-6-16(12-20(18)24)14-26-10-4-2-1-3-5-11-27-15-17-7-9-19(23)21(25)13-17/h6-9,12-13,26-27H,1-5,10-11,14-15H2. The second-order valence-electron chi connectivity index (χ2n) is 6.62. The Morgan fingerprint density at radius 3 is 1.33 bits per heavy atom. The summed E-state index contributed by atoms with van der Waals surface area (Å²) >= 11 is 23.9. The van der Waals surface area contributed by atoms with Gasteiger partial charge in [0.25, 0.3) is 0 Å². The third-order valence-corrected chi connectivity index (χ3v) is 5.81. The van der Waals surface area contributed by atoms with Gasteiger partial charge in [-0.15, -0.1) is 0 Å². The molecular weight excluding hydrogens is 422 g/mol. The molecule has 0 aliphatic carbocycles. The molecule has 0 saturated carbocycles. The first-order valence-electron chi connectivity index (χ1n) is 9.35. The molecule has 0 saturated heterocycles. The van der Waals surface area contributed by atoms with Crippen molar-refractivity contribution in [2.24, 2.45) is 0 Å². The molecule has 0 atom stereocenters. The van der Waals surface area contributed by atoms with Gasteiger partial charge in [-0.3, -0.25) is 0 Å². The first kappa shape index (κ1) is 22.8. The van der Waals surface area contributed by atoms with Crippen molar-refractivity contribution in [3.05, 3.63) is 67.6 Å². The van der Waals surface area contributed by atoms with Crippen LogP contribution in [0, 0.1) is 0 Å². The highest BCUT2D eigenvalue weighted by atomic mass is 35.5. The van der Waals surface area contributed by atoms with E-state index in [1.165, 1.54) is 32.1 Å². The average Bonchev–Trinajstić information content (AvgIpc) is 2.65. The number of halogens is 4. The summed E-state index contributed by atoms with van der Waals surface area (Å²) in [6.07, 6.45) is 6.15. The Bertz CT molecular complexity index is 647. The molecule has 2 rings (SSSR count). The van der Waals surface area contributed by atoms with Gasteiger partial charge >= 0.3 is 0 Å². The third-order valence-electron chi connectivity index (χ3n) is 4.33. The van der Waals surface area contributed by atoms with Gasteiger partial charge in [0.15, 0.2) is 0 Å². The van der Waals surface area contributed by atoms with Gasteiger partial charge in [0.05, 0.1) is 20.1 Å². The van der Waals surface area contributed by atoms with Crippen LogP contribution >= 0.6 is 46.4 Å². The molecule has 2 N–H and O–H groups in total. The van der Waals surface area contributed by atoms with Gasteiger partial charge in [0.2, 0.25) is 0 Å². The summed E-state index contributed by atoms with van der Waals surface area (Å²) in [6, 6.07) is 11.5. The van der Waals surface area contributed by atoms with Crippen LogP contribution in [0.25, 0.3) is 0 Å². The van der Waals surface area contributed by atoms with Crippen LogP contribution in [0.2, 0.25) is 20.1 Å². The van der Waals surface area contributed by atoms with Gasteiger partial charge < -0.3 is 10.6 Å². The highest BCUT2D eigenvalue weighted by molar-refractivity contribution is 6.42. The summed E-state index contributed by atoms with van der Waals surface area (Å²) in [5.41, 5.74) is 2.33. The van der Waals surface area contributed by atoms with E-state index in [0.717, 1.165) is 37.3 Å². The van der Waals surface area contributed by atoms with Gasteiger partial charge in [-0.1, -0.05) is 77.8 Å². The zero-order valence-electron chi connectivity index (χ0n) is 15.3. The Labute approximate surface area is 182 Å². The smallest absolute Gasteiger partial charge is 0.0595 e. The molecule has 0 aromatic heterocycles.